The van der Waals surface area contributed by atoms with Crippen molar-refractivity contribution in [1.82, 2.24) is 4.98 Å². The highest BCUT2D eigenvalue weighted by Crippen LogP contribution is 2.30. The third kappa shape index (κ3) is 4.68. The van der Waals surface area contributed by atoms with Gasteiger partial charge in [0.15, 0.2) is 0 Å². The Labute approximate surface area is 125 Å². The average molecular weight is 410 g/mol. The molecule has 4 nitrogen and oxygen atoms in total. The minimum absolute atomic E-state index is 0.0119. The summed E-state index contributed by atoms with van der Waals surface area (Å²) in [6.07, 6.45) is -4.92. The van der Waals surface area contributed by atoms with Gasteiger partial charge < -0.3 is 9.47 Å². The molecule has 1 aromatic rings. The number of hydrogen-bond acceptors (Lipinski definition) is 4. The molecule has 1 rings (SSSR count). The molecule has 1 aromatic heterocycles. The van der Waals surface area contributed by atoms with Crippen LogP contribution in [0.1, 0.15) is 23.0 Å². The van der Waals surface area contributed by atoms with Crippen LogP contribution in [0.5, 0.6) is 5.75 Å². The molecule has 0 aliphatic heterocycles. The molecule has 0 fully saturated rings. The Morgan fingerprint density at radius 2 is 2.16 bits per heavy atom. The molecule has 19 heavy (non-hydrogen) atoms. The molecule has 0 N–H and O–H groups in total. The van der Waals surface area contributed by atoms with Crippen molar-refractivity contribution in [2.24, 2.45) is 0 Å². The van der Waals surface area contributed by atoms with Gasteiger partial charge in [0.2, 0.25) is 0 Å². The zero-order valence-corrected chi connectivity index (χ0v) is 12.5. The molecular weight excluding hydrogens is 401 g/mol. The Morgan fingerprint density at radius 1 is 1.53 bits per heavy atom. The number of esters is 1. The first kappa shape index (κ1) is 16.3. The number of halogens is 5. The van der Waals surface area contributed by atoms with E-state index in [1.807, 2.05) is 0 Å². The van der Waals surface area contributed by atoms with Crippen LogP contribution in [0, 0.1) is 3.70 Å². The maximum atomic E-state index is 12.3. The van der Waals surface area contributed by atoms with Crippen molar-refractivity contribution in [2.75, 3.05) is 6.61 Å². The van der Waals surface area contributed by atoms with E-state index in [9.17, 15) is 18.0 Å². The maximum Gasteiger partial charge on any atom is 0.573 e. The van der Waals surface area contributed by atoms with E-state index in [0.29, 0.717) is 0 Å². The minimum Gasteiger partial charge on any atom is -0.462 e. The van der Waals surface area contributed by atoms with Crippen molar-refractivity contribution in [1.29, 1.82) is 0 Å². The monoisotopic (exact) mass is 409 g/mol. The van der Waals surface area contributed by atoms with Crippen LogP contribution >= 0.6 is 34.2 Å². The van der Waals surface area contributed by atoms with E-state index in [1.165, 1.54) is 6.92 Å². The van der Waals surface area contributed by atoms with Crippen LogP contribution in [0.4, 0.5) is 13.2 Å². The van der Waals surface area contributed by atoms with Crippen molar-refractivity contribution in [3.05, 3.63) is 21.0 Å². The fourth-order valence-electron chi connectivity index (χ4n) is 1.26. The summed E-state index contributed by atoms with van der Waals surface area (Å²) in [5.41, 5.74) is -0.430. The van der Waals surface area contributed by atoms with E-state index in [1.54, 1.807) is 22.6 Å². The number of ether oxygens (including phenoxy) is 2. The Bertz CT molecular complexity index is 482. The highest BCUT2D eigenvalue weighted by Gasteiger charge is 2.34. The lowest BCUT2D eigenvalue weighted by Gasteiger charge is -2.14. The summed E-state index contributed by atoms with van der Waals surface area (Å²) in [5.74, 6) is -1.86. The Kier molecular flexibility index (Phi) is 5.65. The van der Waals surface area contributed by atoms with E-state index in [2.05, 4.69) is 14.5 Å². The lowest BCUT2D eigenvalue weighted by atomic mass is 10.2. The number of carbonyl (C=O) groups excluding carboxylic acids is 1. The molecule has 0 aliphatic carbocycles. The zero-order chi connectivity index (χ0) is 14.6. The van der Waals surface area contributed by atoms with Crippen LogP contribution in [0.15, 0.2) is 6.07 Å². The van der Waals surface area contributed by atoms with Gasteiger partial charge in [-0.3, -0.25) is 0 Å². The van der Waals surface area contributed by atoms with Crippen LogP contribution in [0.3, 0.4) is 0 Å². The maximum absolute atomic E-state index is 12.3. The summed E-state index contributed by atoms with van der Waals surface area (Å²) >= 11 is 7.28. The number of pyridine rings is 1. The molecule has 106 valence electrons. The van der Waals surface area contributed by atoms with Crippen molar-refractivity contribution < 1.29 is 27.4 Å². The summed E-state index contributed by atoms with van der Waals surface area (Å²) in [6, 6.07) is 0.996. The second-order valence-corrected chi connectivity index (χ2v) is 4.54. The molecule has 1 heterocycles. The van der Waals surface area contributed by atoms with Crippen molar-refractivity contribution in [3.63, 3.8) is 0 Å². The van der Waals surface area contributed by atoms with Gasteiger partial charge in [-0.2, -0.15) is 0 Å². The van der Waals surface area contributed by atoms with Gasteiger partial charge in [0.05, 0.1) is 18.2 Å². The van der Waals surface area contributed by atoms with Gasteiger partial charge >= 0.3 is 12.3 Å². The van der Waals surface area contributed by atoms with Crippen LogP contribution in [0.2, 0.25) is 0 Å². The fraction of sp³-hybridized carbons (Fsp3) is 0.400. The fourth-order valence-corrected chi connectivity index (χ4v) is 2.03. The number of carbonyl (C=O) groups is 1. The first-order valence-electron chi connectivity index (χ1n) is 4.96. The first-order chi connectivity index (χ1) is 8.78. The molecule has 0 aromatic carbocycles. The molecular formula is C10H8ClF3INO3. The summed E-state index contributed by atoms with van der Waals surface area (Å²) in [6.45, 7) is 1.54. The van der Waals surface area contributed by atoms with Crippen molar-refractivity contribution >= 4 is 40.2 Å². The van der Waals surface area contributed by atoms with Crippen LogP contribution in [-0.4, -0.2) is 23.9 Å². The smallest absolute Gasteiger partial charge is 0.462 e. The van der Waals surface area contributed by atoms with Gasteiger partial charge in [-0.15, -0.1) is 24.8 Å². The molecule has 0 bridgehead atoms. The quantitative estimate of drug-likeness (QED) is 0.331. The number of nitrogens with zero attached hydrogens (tertiary/aromatic N) is 1. The predicted octanol–water partition coefficient (Wildman–Crippen LogP) is 3.50. The normalized spacial score (nSPS) is 11.3. The van der Waals surface area contributed by atoms with E-state index in [0.717, 1.165) is 6.07 Å². The van der Waals surface area contributed by atoms with Crippen LogP contribution in [0.25, 0.3) is 0 Å². The van der Waals surface area contributed by atoms with E-state index in [-0.39, 0.29) is 21.9 Å². The van der Waals surface area contributed by atoms with E-state index in [4.69, 9.17) is 11.6 Å². The second kappa shape index (κ2) is 6.60. The van der Waals surface area contributed by atoms with Gasteiger partial charge in [-0.25, -0.2) is 9.78 Å². The predicted molar refractivity (Wildman–Crippen MR) is 69.2 cm³/mol. The topological polar surface area (TPSA) is 48.4 Å². The lowest BCUT2D eigenvalue weighted by molar-refractivity contribution is -0.274. The molecule has 0 aliphatic rings. The number of hydrogen-bond donors (Lipinski definition) is 0. The molecule has 0 spiro atoms. The number of aromatic nitrogens is 1. The lowest BCUT2D eigenvalue weighted by Crippen LogP contribution is -2.21. The van der Waals surface area contributed by atoms with Crippen molar-refractivity contribution in [2.45, 2.75) is 19.2 Å². The molecule has 0 radical (unpaired) electrons. The number of alkyl halides is 4. The van der Waals surface area contributed by atoms with Crippen LogP contribution < -0.4 is 4.74 Å². The molecule has 9 heteroatoms. The minimum atomic E-state index is -4.92. The SMILES string of the molecule is CCOC(=O)c1c(OC(F)(F)F)cc(I)nc1CCl. The average Bonchev–Trinajstić information content (AvgIpc) is 2.25. The largest absolute Gasteiger partial charge is 0.573 e. The second-order valence-electron chi connectivity index (χ2n) is 3.17. The summed E-state index contributed by atoms with van der Waals surface area (Å²) in [7, 11) is 0. The standard InChI is InChI=1S/C10H8ClF3INO3/c1-2-18-9(17)8-5(4-11)16-7(15)3-6(8)19-10(12,13)14/h3H,2,4H2,1H3. The van der Waals surface area contributed by atoms with Gasteiger partial charge in [-0.1, -0.05) is 0 Å². The highest BCUT2D eigenvalue weighted by molar-refractivity contribution is 14.1. The first-order valence-corrected chi connectivity index (χ1v) is 6.58. The Balaban J connectivity index is 3.33. The number of rotatable bonds is 4. The van der Waals surface area contributed by atoms with E-state index < -0.39 is 23.6 Å². The summed E-state index contributed by atoms with van der Waals surface area (Å²) in [5, 5.41) is 0. The van der Waals surface area contributed by atoms with Gasteiger partial charge in [0.1, 0.15) is 15.0 Å². The zero-order valence-electron chi connectivity index (χ0n) is 9.55. The Hall–Kier alpha value is -0.770. The van der Waals surface area contributed by atoms with Crippen molar-refractivity contribution in [3.8, 4) is 5.75 Å². The molecule has 0 unspecified atom stereocenters. The van der Waals surface area contributed by atoms with Gasteiger partial charge in [0, 0.05) is 6.07 Å². The van der Waals surface area contributed by atoms with E-state index >= 15 is 0 Å². The molecule has 0 saturated carbocycles. The van der Waals surface area contributed by atoms with Crippen LogP contribution in [-0.2, 0) is 10.6 Å². The summed E-state index contributed by atoms with van der Waals surface area (Å²) in [4.78, 5) is 15.6. The van der Waals surface area contributed by atoms with Gasteiger partial charge in [0.25, 0.3) is 0 Å². The molecule has 0 atom stereocenters. The molecule has 0 amide bonds. The molecule has 0 saturated heterocycles. The Morgan fingerprint density at radius 3 is 2.63 bits per heavy atom. The highest BCUT2D eigenvalue weighted by atomic mass is 127. The van der Waals surface area contributed by atoms with Gasteiger partial charge in [-0.05, 0) is 29.5 Å². The third-order valence-corrected chi connectivity index (χ3v) is 2.66. The third-order valence-electron chi connectivity index (χ3n) is 1.86. The summed E-state index contributed by atoms with van der Waals surface area (Å²) < 4.78 is 45.6.